The molecule has 0 aromatic carbocycles. The summed E-state index contributed by atoms with van der Waals surface area (Å²) in [4.78, 5) is 29.4. The molecule has 3 heterocycles. The average molecular weight is 404 g/mol. The first-order chi connectivity index (χ1) is 13.4. The smallest absolute Gasteiger partial charge is 0.263 e. The molecule has 0 unspecified atom stereocenters. The van der Waals surface area contributed by atoms with Gasteiger partial charge in [-0.15, -0.1) is 0 Å². The average Bonchev–Trinajstić information content (AvgIpc) is 2.66. The molecule has 150 valence electrons. The van der Waals surface area contributed by atoms with E-state index in [1.807, 2.05) is 6.07 Å². The fourth-order valence-corrected chi connectivity index (χ4v) is 5.05. The van der Waals surface area contributed by atoms with E-state index < -0.39 is 9.84 Å². The lowest BCUT2D eigenvalue weighted by Gasteiger charge is -2.21. The summed E-state index contributed by atoms with van der Waals surface area (Å²) in [6, 6.07) is 5.45. The highest BCUT2D eigenvalue weighted by Gasteiger charge is 2.23. The zero-order valence-corrected chi connectivity index (χ0v) is 16.7. The molecular weight excluding hydrogens is 378 g/mol. The molecule has 1 aliphatic rings. The van der Waals surface area contributed by atoms with Crippen molar-refractivity contribution in [2.24, 2.45) is 5.92 Å². The Balaban J connectivity index is 1.63. The normalized spacial score (nSPS) is 16.6. The molecule has 0 saturated carbocycles. The Hall–Kier alpha value is -2.48. The quantitative estimate of drug-likeness (QED) is 0.789. The topological polar surface area (TPSA) is 98.1 Å². The molecule has 1 saturated heterocycles. The Morgan fingerprint density at radius 1 is 1.29 bits per heavy atom. The Bertz CT molecular complexity index is 986. The third-order valence-corrected chi connectivity index (χ3v) is 6.90. The third-order valence-electron chi connectivity index (χ3n) is 5.19. The molecule has 1 amide bonds. The molecule has 0 bridgehead atoms. The monoisotopic (exact) mass is 403 g/mol. The van der Waals surface area contributed by atoms with Gasteiger partial charge in [-0.1, -0.05) is 6.07 Å². The van der Waals surface area contributed by atoms with E-state index in [0.29, 0.717) is 37.4 Å². The van der Waals surface area contributed by atoms with Crippen LogP contribution in [-0.4, -0.2) is 41.9 Å². The predicted octanol–water partition coefficient (Wildman–Crippen LogP) is 1.54. The maximum absolute atomic E-state index is 12.8. The van der Waals surface area contributed by atoms with Crippen molar-refractivity contribution in [3.8, 4) is 0 Å². The SMILES string of the molecule is Cc1ccn(Cc2cccnc2)c(=O)c1C(=O)NCCC1CCS(=O)(=O)CC1. The Morgan fingerprint density at radius 3 is 2.71 bits per heavy atom. The molecule has 0 atom stereocenters. The van der Waals surface area contributed by atoms with Crippen LogP contribution in [0.5, 0.6) is 0 Å². The fraction of sp³-hybridized carbons (Fsp3) is 0.450. The van der Waals surface area contributed by atoms with Gasteiger partial charge in [0.05, 0.1) is 18.1 Å². The van der Waals surface area contributed by atoms with Crippen LogP contribution < -0.4 is 10.9 Å². The van der Waals surface area contributed by atoms with Gasteiger partial charge in [0.25, 0.3) is 11.5 Å². The number of rotatable bonds is 6. The molecule has 0 aliphatic carbocycles. The number of aromatic nitrogens is 2. The summed E-state index contributed by atoms with van der Waals surface area (Å²) in [6.07, 6.45) is 7.04. The Labute approximate surface area is 164 Å². The molecule has 28 heavy (non-hydrogen) atoms. The number of sulfone groups is 1. The van der Waals surface area contributed by atoms with Crippen LogP contribution in [0.25, 0.3) is 0 Å². The Kier molecular flexibility index (Phi) is 6.28. The second-order valence-electron chi connectivity index (χ2n) is 7.31. The van der Waals surface area contributed by atoms with Crippen LogP contribution >= 0.6 is 0 Å². The first-order valence-corrected chi connectivity index (χ1v) is 11.3. The number of aryl methyl sites for hydroxylation is 1. The van der Waals surface area contributed by atoms with E-state index in [2.05, 4.69) is 10.3 Å². The standard InChI is InChI=1S/C20H25N3O4S/c1-15-5-10-23(14-17-3-2-8-21-13-17)20(25)18(15)19(24)22-9-4-16-6-11-28(26,27)12-7-16/h2-3,5,8,10,13,16H,4,6-7,9,11-12,14H2,1H3,(H,22,24). The predicted molar refractivity (Wildman–Crippen MR) is 107 cm³/mol. The van der Waals surface area contributed by atoms with Crippen molar-refractivity contribution >= 4 is 15.7 Å². The maximum Gasteiger partial charge on any atom is 0.263 e. The molecule has 3 rings (SSSR count). The molecule has 1 aliphatic heterocycles. The highest BCUT2D eigenvalue weighted by atomic mass is 32.2. The van der Waals surface area contributed by atoms with Gasteiger partial charge < -0.3 is 9.88 Å². The Morgan fingerprint density at radius 2 is 2.04 bits per heavy atom. The summed E-state index contributed by atoms with van der Waals surface area (Å²) in [5.74, 6) is 0.361. The highest BCUT2D eigenvalue weighted by molar-refractivity contribution is 7.91. The van der Waals surface area contributed by atoms with Crippen LogP contribution in [0.2, 0.25) is 0 Å². The van der Waals surface area contributed by atoms with E-state index in [1.54, 1.807) is 37.6 Å². The number of hydrogen-bond donors (Lipinski definition) is 1. The molecule has 2 aromatic rings. The van der Waals surface area contributed by atoms with Crippen molar-refractivity contribution in [3.63, 3.8) is 0 Å². The van der Waals surface area contributed by atoms with Crippen LogP contribution in [0.1, 0.15) is 40.7 Å². The zero-order chi connectivity index (χ0) is 20.1. The van der Waals surface area contributed by atoms with Gasteiger partial charge in [-0.2, -0.15) is 0 Å². The summed E-state index contributed by atoms with van der Waals surface area (Å²) < 4.78 is 24.5. The summed E-state index contributed by atoms with van der Waals surface area (Å²) >= 11 is 0. The van der Waals surface area contributed by atoms with Crippen LogP contribution in [-0.2, 0) is 16.4 Å². The number of amides is 1. The van der Waals surface area contributed by atoms with E-state index in [-0.39, 0.29) is 28.5 Å². The highest BCUT2D eigenvalue weighted by Crippen LogP contribution is 2.21. The lowest BCUT2D eigenvalue weighted by molar-refractivity contribution is 0.0948. The maximum atomic E-state index is 12.8. The largest absolute Gasteiger partial charge is 0.352 e. The number of carbonyl (C=O) groups excluding carboxylic acids is 1. The summed E-state index contributed by atoms with van der Waals surface area (Å²) in [6.45, 7) is 2.53. The van der Waals surface area contributed by atoms with Crippen LogP contribution in [0, 0.1) is 12.8 Å². The minimum absolute atomic E-state index is 0.151. The lowest BCUT2D eigenvalue weighted by Crippen LogP contribution is -2.35. The molecule has 1 fully saturated rings. The summed E-state index contributed by atoms with van der Waals surface area (Å²) in [7, 11) is -2.88. The summed E-state index contributed by atoms with van der Waals surface area (Å²) in [5, 5.41) is 2.83. The number of hydrogen-bond acceptors (Lipinski definition) is 5. The van der Waals surface area contributed by atoms with Gasteiger partial charge in [-0.25, -0.2) is 8.42 Å². The fourth-order valence-electron chi connectivity index (χ4n) is 3.46. The number of carbonyl (C=O) groups is 1. The van der Waals surface area contributed by atoms with E-state index in [4.69, 9.17) is 0 Å². The molecule has 0 radical (unpaired) electrons. The summed E-state index contributed by atoms with van der Waals surface area (Å²) in [5.41, 5.74) is 1.34. The minimum atomic E-state index is -2.88. The molecular formula is C20H25N3O4S. The molecule has 8 heteroatoms. The minimum Gasteiger partial charge on any atom is -0.352 e. The lowest BCUT2D eigenvalue weighted by atomic mass is 9.99. The first kappa shape index (κ1) is 20.3. The van der Waals surface area contributed by atoms with Crippen LogP contribution in [0.4, 0.5) is 0 Å². The molecule has 2 aromatic heterocycles. The number of pyridine rings is 2. The third kappa shape index (κ3) is 5.07. The van der Waals surface area contributed by atoms with Crippen molar-refractivity contribution in [1.29, 1.82) is 0 Å². The van der Waals surface area contributed by atoms with E-state index in [1.165, 1.54) is 4.57 Å². The van der Waals surface area contributed by atoms with Gasteiger partial charge in [0.2, 0.25) is 0 Å². The van der Waals surface area contributed by atoms with Crippen molar-refractivity contribution in [3.05, 3.63) is 63.8 Å². The van der Waals surface area contributed by atoms with Crippen molar-refractivity contribution in [2.75, 3.05) is 18.1 Å². The van der Waals surface area contributed by atoms with Gasteiger partial charge in [-0.05, 0) is 55.4 Å². The molecule has 1 N–H and O–H groups in total. The van der Waals surface area contributed by atoms with Crippen LogP contribution in [0.3, 0.4) is 0 Å². The van der Waals surface area contributed by atoms with E-state index >= 15 is 0 Å². The van der Waals surface area contributed by atoms with Gasteiger partial charge in [0.1, 0.15) is 15.4 Å². The van der Waals surface area contributed by atoms with Crippen LogP contribution in [0.15, 0.2) is 41.6 Å². The van der Waals surface area contributed by atoms with Gasteiger partial charge in [0, 0.05) is 25.1 Å². The van der Waals surface area contributed by atoms with Gasteiger partial charge in [-0.3, -0.25) is 14.6 Å². The first-order valence-electron chi connectivity index (χ1n) is 9.43. The van der Waals surface area contributed by atoms with Gasteiger partial charge in [0.15, 0.2) is 0 Å². The van der Waals surface area contributed by atoms with Crippen molar-refractivity contribution in [2.45, 2.75) is 32.7 Å². The second kappa shape index (κ2) is 8.68. The van der Waals surface area contributed by atoms with Crippen molar-refractivity contribution in [1.82, 2.24) is 14.9 Å². The van der Waals surface area contributed by atoms with Crippen molar-refractivity contribution < 1.29 is 13.2 Å². The zero-order valence-electron chi connectivity index (χ0n) is 15.9. The molecule has 7 nitrogen and oxygen atoms in total. The second-order valence-corrected chi connectivity index (χ2v) is 9.61. The van der Waals surface area contributed by atoms with E-state index in [0.717, 1.165) is 12.0 Å². The van der Waals surface area contributed by atoms with E-state index in [9.17, 15) is 18.0 Å². The number of nitrogens with zero attached hydrogens (tertiary/aromatic N) is 2. The van der Waals surface area contributed by atoms with Gasteiger partial charge >= 0.3 is 0 Å². The molecule has 0 spiro atoms. The number of nitrogens with one attached hydrogen (secondary N) is 1.